The number of amides is 5. The van der Waals surface area contributed by atoms with Crippen LogP contribution in [-0.2, 0) is 28.8 Å². The Hall–Kier alpha value is -3.22. The summed E-state index contributed by atoms with van der Waals surface area (Å²) in [5, 5.41) is 13.4. The quantitative estimate of drug-likeness (QED) is 0.182. The van der Waals surface area contributed by atoms with Crippen molar-refractivity contribution in [2.75, 3.05) is 13.1 Å². The Balaban J connectivity index is 2.86. The van der Waals surface area contributed by atoms with Gasteiger partial charge < -0.3 is 37.8 Å². The molecule has 3 atom stereocenters. The highest BCUT2D eigenvalue weighted by Gasteiger charge is 2.38. The van der Waals surface area contributed by atoms with E-state index in [1.165, 1.54) is 4.90 Å². The molecule has 0 spiro atoms. The number of carboxylic acids is 1. The number of carbonyl (C=O) groups excluding carboxylic acids is 5. The summed E-state index contributed by atoms with van der Waals surface area (Å²) in [6.07, 6.45) is 0.380. The fourth-order valence-corrected chi connectivity index (χ4v) is 3.04. The third-order valence-corrected chi connectivity index (χ3v) is 4.58. The van der Waals surface area contributed by atoms with Crippen LogP contribution in [0.3, 0.4) is 0 Å². The first-order valence-electron chi connectivity index (χ1n) is 9.45. The maximum absolute atomic E-state index is 13.0. The van der Waals surface area contributed by atoms with E-state index in [4.69, 9.17) is 22.3 Å². The second-order valence-electron chi connectivity index (χ2n) is 6.98. The number of primary amides is 2. The van der Waals surface area contributed by atoms with Crippen molar-refractivity contribution < 1.29 is 33.9 Å². The zero-order valence-corrected chi connectivity index (χ0v) is 16.5. The highest BCUT2D eigenvalue weighted by molar-refractivity contribution is 5.94. The van der Waals surface area contributed by atoms with E-state index in [0.717, 1.165) is 0 Å². The molecule has 1 heterocycles. The Kier molecular flexibility index (Phi) is 9.68. The van der Waals surface area contributed by atoms with Crippen LogP contribution in [0.1, 0.15) is 38.5 Å². The van der Waals surface area contributed by atoms with Gasteiger partial charge in [0.2, 0.25) is 29.5 Å². The SMILES string of the molecule is NC(=O)CCC(N)C(=O)NC(CCC(N)=O)C(=O)N1CCCC1C(=O)NCC(=O)O. The molecule has 9 N–H and O–H groups in total. The van der Waals surface area contributed by atoms with E-state index in [1.54, 1.807) is 0 Å². The van der Waals surface area contributed by atoms with Crippen LogP contribution in [0.4, 0.5) is 0 Å². The lowest BCUT2D eigenvalue weighted by Gasteiger charge is -2.29. The molecule has 13 nitrogen and oxygen atoms in total. The Bertz CT molecular complexity index is 698. The van der Waals surface area contributed by atoms with Gasteiger partial charge in [-0.3, -0.25) is 28.8 Å². The van der Waals surface area contributed by atoms with Gasteiger partial charge in [0.05, 0.1) is 6.04 Å². The van der Waals surface area contributed by atoms with E-state index in [1.807, 2.05) is 0 Å². The molecule has 5 amide bonds. The Morgan fingerprint density at radius 2 is 1.63 bits per heavy atom. The van der Waals surface area contributed by atoms with Gasteiger partial charge >= 0.3 is 5.97 Å². The van der Waals surface area contributed by atoms with Gasteiger partial charge in [-0.25, -0.2) is 0 Å². The topological polar surface area (TPSA) is 228 Å². The van der Waals surface area contributed by atoms with Gasteiger partial charge in [0.1, 0.15) is 18.6 Å². The molecule has 0 aromatic carbocycles. The van der Waals surface area contributed by atoms with Crippen LogP contribution in [0.25, 0.3) is 0 Å². The zero-order valence-electron chi connectivity index (χ0n) is 16.5. The molecule has 0 aromatic rings. The molecule has 168 valence electrons. The van der Waals surface area contributed by atoms with Crippen molar-refractivity contribution in [2.24, 2.45) is 17.2 Å². The molecule has 0 radical (unpaired) electrons. The van der Waals surface area contributed by atoms with Crippen molar-refractivity contribution >= 4 is 35.5 Å². The van der Waals surface area contributed by atoms with E-state index < -0.39 is 60.2 Å². The Morgan fingerprint density at radius 1 is 1.03 bits per heavy atom. The van der Waals surface area contributed by atoms with Crippen molar-refractivity contribution in [3.05, 3.63) is 0 Å². The van der Waals surface area contributed by atoms with Crippen molar-refractivity contribution in [1.82, 2.24) is 15.5 Å². The number of hydrogen-bond donors (Lipinski definition) is 6. The highest BCUT2D eigenvalue weighted by atomic mass is 16.4. The number of carbonyl (C=O) groups is 6. The molecular formula is C17H28N6O7. The van der Waals surface area contributed by atoms with Gasteiger partial charge in [-0.15, -0.1) is 0 Å². The predicted octanol–water partition coefficient (Wildman–Crippen LogP) is -3.48. The molecular weight excluding hydrogens is 400 g/mol. The summed E-state index contributed by atoms with van der Waals surface area (Å²) in [5.41, 5.74) is 15.9. The van der Waals surface area contributed by atoms with Crippen LogP contribution in [0.5, 0.6) is 0 Å². The van der Waals surface area contributed by atoms with Crippen molar-refractivity contribution in [1.29, 1.82) is 0 Å². The summed E-state index contributed by atoms with van der Waals surface area (Å²) in [4.78, 5) is 71.4. The van der Waals surface area contributed by atoms with Gasteiger partial charge in [0, 0.05) is 19.4 Å². The van der Waals surface area contributed by atoms with E-state index in [2.05, 4.69) is 10.6 Å². The summed E-state index contributed by atoms with van der Waals surface area (Å²) in [5.74, 6) is -4.49. The second-order valence-corrected chi connectivity index (χ2v) is 6.98. The molecule has 13 heteroatoms. The van der Waals surface area contributed by atoms with Gasteiger partial charge in [-0.05, 0) is 25.7 Å². The number of aliphatic carboxylic acids is 1. The first kappa shape index (κ1) is 24.8. The minimum atomic E-state index is -1.23. The molecule has 1 rings (SSSR count). The molecule has 3 unspecified atom stereocenters. The molecule has 1 aliphatic rings. The molecule has 0 saturated carbocycles. The number of nitrogens with two attached hydrogens (primary N) is 3. The number of rotatable bonds is 12. The highest BCUT2D eigenvalue weighted by Crippen LogP contribution is 2.19. The molecule has 0 aromatic heterocycles. The van der Waals surface area contributed by atoms with E-state index in [0.29, 0.717) is 12.8 Å². The average Bonchev–Trinajstić information content (AvgIpc) is 3.16. The zero-order chi connectivity index (χ0) is 22.8. The summed E-state index contributed by atoms with van der Waals surface area (Å²) < 4.78 is 0. The van der Waals surface area contributed by atoms with E-state index >= 15 is 0 Å². The number of carboxylic acid groups (broad SMARTS) is 1. The normalized spacial score (nSPS) is 17.6. The maximum atomic E-state index is 13.0. The maximum Gasteiger partial charge on any atom is 0.322 e. The third-order valence-electron chi connectivity index (χ3n) is 4.58. The van der Waals surface area contributed by atoms with Gasteiger partial charge in [-0.1, -0.05) is 0 Å². The fourth-order valence-electron chi connectivity index (χ4n) is 3.04. The minimum Gasteiger partial charge on any atom is -0.480 e. The lowest BCUT2D eigenvalue weighted by atomic mass is 10.1. The van der Waals surface area contributed by atoms with Crippen LogP contribution in [0, 0.1) is 0 Å². The average molecular weight is 428 g/mol. The summed E-state index contributed by atoms with van der Waals surface area (Å²) in [6, 6.07) is -3.17. The third kappa shape index (κ3) is 8.03. The number of nitrogens with zero attached hydrogens (tertiary/aromatic N) is 1. The smallest absolute Gasteiger partial charge is 0.322 e. The lowest BCUT2D eigenvalue weighted by Crippen LogP contribution is -2.56. The standard InChI is InChI=1S/C17H28N6O7/c18-9(3-5-12(19)24)15(28)22-10(4-6-13(20)25)17(30)23-7-1-2-11(23)16(29)21-8-14(26)27/h9-11H,1-8,18H2,(H2,19,24)(H2,20,25)(H,21,29)(H,22,28)(H,26,27). The molecule has 0 aliphatic carbocycles. The monoisotopic (exact) mass is 428 g/mol. The Labute approximate surface area is 172 Å². The van der Waals surface area contributed by atoms with Crippen LogP contribution in [0.2, 0.25) is 0 Å². The van der Waals surface area contributed by atoms with Crippen molar-refractivity contribution in [3.8, 4) is 0 Å². The lowest BCUT2D eigenvalue weighted by molar-refractivity contribution is -0.143. The molecule has 1 fully saturated rings. The largest absolute Gasteiger partial charge is 0.480 e. The summed E-state index contributed by atoms with van der Waals surface area (Å²) in [6.45, 7) is -0.366. The van der Waals surface area contributed by atoms with E-state index in [9.17, 15) is 28.8 Å². The van der Waals surface area contributed by atoms with Gasteiger partial charge in [0.25, 0.3) is 0 Å². The number of nitrogens with one attached hydrogen (secondary N) is 2. The van der Waals surface area contributed by atoms with Gasteiger partial charge in [-0.2, -0.15) is 0 Å². The molecule has 0 bridgehead atoms. The van der Waals surface area contributed by atoms with Crippen LogP contribution in [0.15, 0.2) is 0 Å². The first-order valence-corrected chi connectivity index (χ1v) is 9.45. The molecule has 1 saturated heterocycles. The Morgan fingerprint density at radius 3 is 2.20 bits per heavy atom. The fraction of sp³-hybridized carbons (Fsp3) is 0.647. The first-order chi connectivity index (χ1) is 14.0. The van der Waals surface area contributed by atoms with Crippen LogP contribution in [-0.4, -0.2) is 76.7 Å². The van der Waals surface area contributed by atoms with Crippen molar-refractivity contribution in [2.45, 2.75) is 56.7 Å². The predicted molar refractivity (Wildman–Crippen MR) is 102 cm³/mol. The summed E-state index contributed by atoms with van der Waals surface area (Å²) >= 11 is 0. The summed E-state index contributed by atoms with van der Waals surface area (Å²) in [7, 11) is 0. The molecule has 1 aliphatic heterocycles. The second kappa shape index (κ2) is 11.7. The number of likely N-dealkylation sites (tertiary alicyclic amines) is 1. The van der Waals surface area contributed by atoms with Crippen molar-refractivity contribution in [3.63, 3.8) is 0 Å². The van der Waals surface area contributed by atoms with Crippen LogP contribution >= 0.6 is 0 Å². The number of hydrogen-bond acceptors (Lipinski definition) is 7. The molecule has 30 heavy (non-hydrogen) atoms. The van der Waals surface area contributed by atoms with Gasteiger partial charge in [0.15, 0.2) is 0 Å². The van der Waals surface area contributed by atoms with E-state index in [-0.39, 0.29) is 32.2 Å². The van der Waals surface area contributed by atoms with Crippen LogP contribution < -0.4 is 27.8 Å². The minimum absolute atomic E-state index is 0.0260.